The van der Waals surface area contributed by atoms with Gasteiger partial charge in [0.25, 0.3) is 11.8 Å². The van der Waals surface area contributed by atoms with E-state index in [1.165, 1.54) is 4.90 Å². The summed E-state index contributed by atoms with van der Waals surface area (Å²) in [5.41, 5.74) is 4.37. The molecule has 4 rings (SSSR count). The predicted octanol–water partition coefficient (Wildman–Crippen LogP) is 5.35. The molecule has 0 saturated carbocycles. The fourth-order valence-electron chi connectivity index (χ4n) is 4.62. The summed E-state index contributed by atoms with van der Waals surface area (Å²) in [5.74, 6) is 1.21. The van der Waals surface area contributed by atoms with Crippen LogP contribution in [0.25, 0.3) is 5.57 Å². The molecule has 0 aliphatic carbocycles. The number of aryl methyl sites for hydroxylation is 2. The monoisotopic (exact) mass is 446 g/mol. The van der Waals surface area contributed by atoms with E-state index in [9.17, 15) is 9.59 Å². The molecule has 174 valence electrons. The second-order valence-corrected chi connectivity index (χ2v) is 9.88. The topological polar surface area (TPSA) is 49.9 Å². The molecule has 2 amide bonds. The number of piperidine rings is 1. The van der Waals surface area contributed by atoms with Crippen molar-refractivity contribution in [1.82, 2.24) is 4.90 Å². The first-order chi connectivity index (χ1) is 15.8. The van der Waals surface area contributed by atoms with Crippen LogP contribution >= 0.6 is 0 Å². The number of carbonyl (C=O) groups is 2. The molecule has 33 heavy (non-hydrogen) atoms. The van der Waals surface area contributed by atoms with E-state index in [-0.39, 0.29) is 11.8 Å². The smallest absolute Gasteiger partial charge is 0.282 e. The summed E-state index contributed by atoms with van der Waals surface area (Å²) in [6, 6.07) is 13.5. The molecule has 2 aromatic rings. The fourth-order valence-corrected chi connectivity index (χ4v) is 4.62. The van der Waals surface area contributed by atoms with Crippen molar-refractivity contribution in [2.24, 2.45) is 11.8 Å². The van der Waals surface area contributed by atoms with E-state index in [2.05, 4.69) is 25.7 Å². The van der Waals surface area contributed by atoms with Crippen LogP contribution in [0.2, 0.25) is 0 Å². The van der Waals surface area contributed by atoms with Gasteiger partial charge in [-0.2, -0.15) is 0 Å². The van der Waals surface area contributed by atoms with Gasteiger partial charge in [0.1, 0.15) is 11.4 Å². The van der Waals surface area contributed by atoms with Crippen molar-refractivity contribution in [2.75, 3.05) is 24.6 Å². The van der Waals surface area contributed by atoms with Crippen molar-refractivity contribution in [3.05, 3.63) is 64.9 Å². The van der Waals surface area contributed by atoms with Crippen LogP contribution in [0, 0.1) is 25.7 Å². The average Bonchev–Trinajstić information content (AvgIpc) is 3.04. The molecule has 0 N–H and O–H groups in total. The van der Waals surface area contributed by atoms with Gasteiger partial charge in [0.15, 0.2) is 0 Å². The fraction of sp³-hybridized carbons (Fsp3) is 0.429. The summed E-state index contributed by atoms with van der Waals surface area (Å²) in [6.45, 7) is 12.5. The van der Waals surface area contributed by atoms with E-state index in [1.54, 1.807) is 0 Å². The van der Waals surface area contributed by atoms with Gasteiger partial charge in [-0.1, -0.05) is 45.0 Å². The summed E-state index contributed by atoms with van der Waals surface area (Å²) in [6.07, 6.45) is 2.16. The Labute approximate surface area is 197 Å². The molecule has 1 unspecified atom stereocenters. The zero-order chi connectivity index (χ0) is 23.7. The molecule has 2 aromatic carbocycles. The highest BCUT2D eigenvalue weighted by Crippen LogP contribution is 2.38. The lowest BCUT2D eigenvalue weighted by molar-refractivity contribution is -0.120. The lowest BCUT2D eigenvalue weighted by Gasteiger charge is -2.33. The van der Waals surface area contributed by atoms with Crippen molar-refractivity contribution < 1.29 is 14.3 Å². The summed E-state index contributed by atoms with van der Waals surface area (Å²) in [7, 11) is 0. The van der Waals surface area contributed by atoms with Gasteiger partial charge in [-0.15, -0.1) is 0 Å². The lowest BCUT2D eigenvalue weighted by atomic mass is 9.97. The Morgan fingerprint density at radius 3 is 2.42 bits per heavy atom. The normalized spacial score (nSPS) is 19.2. The molecule has 0 bridgehead atoms. The first kappa shape index (κ1) is 23.1. The molecule has 1 atom stereocenters. The molecular formula is C28H34N2O3. The average molecular weight is 447 g/mol. The minimum absolute atomic E-state index is 0.224. The van der Waals surface area contributed by atoms with Crippen molar-refractivity contribution in [3.63, 3.8) is 0 Å². The van der Waals surface area contributed by atoms with E-state index in [0.717, 1.165) is 48.4 Å². The number of likely N-dealkylation sites (tertiary alicyclic amines) is 1. The summed E-state index contributed by atoms with van der Waals surface area (Å²) in [4.78, 5) is 31.1. The highest BCUT2D eigenvalue weighted by atomic mass is 16.5. The third-order valence-electron chi connectivity index (χ3n) is 6.36. The molecule has 1 saturated heterocycles. The number of hydrogen-bond donors (Lipinski definition) is 0. The number of ether oxygens (including phenoxy) is 1. The number of imide groups is 1. The highest BCUT2D eigenvalue weighted by molar-refractivity contribution is 6.45. The van der Waals surface area contributed by atoms with E-state index < -0.39 is 0 Å². The Morgan fingerprint density at radius 2 is 1.76 bits per heavy atom. The van der Waals surface area contributed by atoms with Gasteiger partial charge in [0.2, 0.25) is 0 Å². The zero-order valence-corrected chi connectivity index (χ0v) is 20.4. The minimum Gasteiger partial charge on any atom is -0.493 e. The van der Waals surface area contributed by atoms with Gasteiger partial charge in [-0.3, -0.25) is 9.59 Å². The van der Waals surface area contributed by atoms with Gasteiger partial charge in [-0.25, -0.2) is 4.90 Å². The maximum Gasteiger partial charge on any atom is 0.282 e. The van der Waals surface area contributed by atoms with E-state index in [4.69, 9.17) is 4.74 Å². The molecule has 2 aliphatic rings. The summed E-state index contributed by atoms with van der Waals surface area (Å²) >= 11 is 0. The largest absolute Gasteiger partial charge is 0.493 e. The first-order valence-corrected chi connectivity index (χ1v) is 11.9. The van der Waals surface area contributed by atoms with Crippen LogP contribution in [0.15, 0.2) is 48.2 Å². The summed E-state index contributed by atoms with van der Waals surface area (Å²) in [5, 5.41) is 0. The maximum atomic E-state index is 13.8. The minimum atomic E-state index is -0.252. The van der Waals surface area contributed by atoms with Crippen molar-refractivity contribution in [1.29, 1.82) is 0 Å². The van der Waals surface area contributed by atoms with E-state index >= 15 is 0 Å². The highest BCUT2D eigenvalue weighted by Gasteiger charge is 2.43. The molecule has 1 fully saturated rings. The molecule has 0 spiro atoms. The van der Waals surface area contributed by atoms with Crippen LogP contribution in [-0.2, 0) is 9.59 Å². The maximum absolute atomic E-state index is 13.8. The zero-order valence-electron chi connectivity index (χ0n) is 20.4. The molecule has 2 heterocycles. The molecule has 0 aromatic heterocycles. The quantitative estimate of drug-likeness (QED) is 0.561. The number of amides is 2. The molecular weight excluding hydrogens is 412 g/mol. The molecule has 5 nitrogen and oxygen atoms in total. The van der Waals surface area contributed by atoms with Crippen molar-refractivity contribution >= 4 is 23.1 Å². The number of anilines is 1. The Balaban J connectivity index is 1.76. The van der Waals surface area contributed by atoms with Gasteiger partial charge in [-0.05, 0) is 73.4 Å². The second kappa shape index (κ2) is 9.42. The van der Waals surface area contributed by atoms with Crippen molar-refractivity contribution in [3.8, 4) is 5.75 Å². The molecule has 5 heteroatoms. The third-order valence-corrected chi connectivity index (χ3v) is 6.36. The molecule has 0 radical (unpaired) electrons. The van der Waals surface area contributed by atoms with E-state index in [1.807, 2.05) is 56.3 Å². The van der Waals surface area contributed by atoms with Gasteiger partial charge in [0, 0.05) is 13.1 Å². The third kappa shape index (κ3) is 4.68. The lowest BCUT2D eigenvalue weighted by Crippen LogP contribution is -2.39. The number of carbonyl (C=O) groups excluding carboxylic acids is 2. The number of nitrogens with zero attached hydrogens (tertiary/aromatic N) is 2. The first-order valence-electron chi connectivity index (χ1n) is 11.9. The Kier molecular flexibility index (Phi) is 6.59. The predicted molar refractivity (Wildman–Crippen MR) is 132 cm³/mol. The van der Waals surface area contributed by atoms with Crippen LogP contribution < -0.4 is 9.64 Å². The van der Waals surface area contributed by atoms with Crippen LogP contribution in [0.3, 0.4) is 0 Å². The van der Waals surface area contributed by atoms with E-state index in [0.29, 0.717) is 35.4 Å². The second-order valence-electron chi connectivity index (χ2n) is 9.88. The van der Waals surface area contributed by atoms with Gasteiger partial charge < -0.3 is 9.64 Å². The Bertz CT molecular complexity index is 1080. The number of hydrogen-bond acceptors (Lipinski definition) is 4. The summed E-state index contributed by atoms with van der Waals surface area (Å²) < 4.78 is 5.82. The van der Waals surface area contributed by atoms with Crippen LogP contribution in [-0.4, -0.2) is 36.4 Å². The number of rotatable bonds is 6. The van der Waals surface area contributed by atoms with Crippen LogP contribution in [0.1, 0.15) is 50.3 Å². The van der Waals surface area contributed by atoms with Gasteiger partial charge >= 0.3 is 0 Å². The Hall–Kier alpha value is -3.08. The van der Waals surface area contributed by atoms with Crippen LogP contribution in [0.5, 0.6) is 5.75 Å². The van der Waals surface area contributed by atoms with Crippen molar-refractivity contribution in [2.45, 2.75) is 47.5 Å². The standard InChI is InChI=1S/C28H34N2O3/c1-18(2)17-33-23-12-10-22(11-13-23)25-26(29-14-6-7-20(4)16-29)28(32)30(27(25)31)24-15-19(3)8-9-21(24)5/h8-13,15,18,20H,6-7,14,16-17H2,1-5H3. The SMILES string of the molecule is Cc1ccc(C)c(N2C(=O)C(c3ccc(OCC(C)C)cc3)=C(N3CCCC(C)C3)C2=O)c1. The Morgan fingerprint density at radius 1 is 1.03 bits per heavy atom. The van der Waals surface area contributed by atoms with Crippen LogP contribution in [0.4, 0.5) is 5.69 Å². The van der Waals surface area contributed by atoms with Gasteiger partial charge in [0.05, 0.1) is 17.9 Å². The molecule has 2 aliphatic heterocycles. The number of benzene rings is 2.